The number of rotatable bonds is 8. The maximum atomic E-state index is 12.1. The highest BCUT2D eigenvalue weighted by molar-refractivity contribution is 7.89. The molecule has 1 aromatic carbocycles. The van der Waals surface area contributed by atoms with Gasteiger partial charge in [0.15, 0.2) is 0 Å². The summed E-state index contributed by atoms with van der Waals surface area (Å²) < 4.78 is 26.3. The third-order valence-corrected chi connectivity index (χ3v) is 4.42. The van der Waals surface area contributed by atoms with Crippen molar-refractivity contribution in [1.29, 1.82) is 0 Å². The first-order valence-corrected chi connectivity index (χ1v) is 8.08. The maximum Gasteiger partial charge on any atom is 0.307 e. The molecular formula is C13H18N2O6S. The fourth-order valence-corrected chi connectivity index (χ4v) is 2.96. The van der Waals surface area contributed by atoms with Crippen LogP contribution in [0.1, 0.15) is 20.3 Å². The quantitative estimate of drug-likeness (QED) is 0.551. The van der Waals surface area contributed by atoms with Crippen LogP contribution >= 0.6 is 0 Å². The normalized spacial score (nSPS) is 13.0. The van der Waals surface area contributed by atoms with E-state index in [4.69, 9.17) is 5.11 Å². The van der Waals surface area contributed by atoms with Gasteiger partial charge >= 0.3 is 5.97 Å². The Bertz CT molecular complexity index is 639. The van der Waals surface area contributed by atoms with Crippen LogP contribution in [-0.2, 0) is 14.8 Å². The van der Waals surface area contributed by atoms with Gasteiger partial charge in [-0.3, -0.25) is 14.9 Å². The van der Waals surface area contributed by atoms with Crippen LogP contribution in [0.5, 0.6) is 0 Å². The number of non-ortho nitro benzene ring substituents is 1. The fourth-order valence-electron chi connectivity index (χ4n) is 1.88. The third kappa shape index (κ3) is 5.08. The number of nitrogens with one attached hydrogen (secondary N) is 1. The molecule has 22 heavy (non-hydrogen) atoms. The van der Waals surface area contributed by atoms with Crippen LogP contribution in [-0.4, -0.2) is 31.0 Å². The predicted octanol–water partition coefficient (Wildman–Crippen LogP) is 1.62. The molecule has 1 unspecified atom stereocenters. The summed E-state index contributed by atoms with van der Waals surface area (Å²) >= 11 is 0. The van der Waals surface area contributed by atoms with Crippen molar-refractivity contribution in [2.24, 2.45) is 11.8 Å². The van der Waals surface area contributed by atoms with E-state index in [0.717, 1.165) is 24.3 Å². The average Bonchev–Trinajstić information content (AvgIpc) is 2.43. The van der Waals surface area contributed by atoms with Gasteiger partial charge in [-0.05, 0) is 24.5 Å². The summed E-state index contributed by atoms with van der Waals surface area (Å²) in [5.74, 6) is -1.78. The van der Waals surface area contributed by atoms with E-state index in [9.17, 15) is 23.3 Å². The number of nitro groups is 1. The van der Waals surface area contributed by atoms with Gasteiger partial charge in [-0.2, -0.15) is 0 Å². The predicted molar refractivity (Wildman–Crippen MR) is 78.9 cm³/mol. The standard InChI is InChI=1S/C13H18N2O6S/c1-9(2)7-10(13(16)17)8-14-22(20,21)12-5-3-11(4-6-12)15(18)19/h3-6,9-10,14H,7-8H2,1-2H3,(H,16,17). The molecule has 0 radical (unpaired) electrons. The van der Waals surface area contributed by atoms with Gasteiger partial charge in [0.05, 0.1) is 15.7 Å². The lowest BCUT2D eigenvalue weighted by atomic mass is 9.98. The summed E-state index contributed by atoms with van der Waals surface area (Å²) in [4.78, 5) is 20.8. The molecule has 1 rings (SSSR count). The average molecular weight is 330 g/mol. The summed E-state index contributed by atoms with van der Waals surface area (Å²) in [7, 11) is -3.90. The molecule has 0 heterocycles. The van der Waals surface area contributed by atoms with E-state index in [0.29, 0.717) is 6.42 Å². The highest BCUT2D eigenvalue weighted by Crippen LogP contribution is 2.17. The van der Waals surface area contributed by atoms with Crippen LogP contribution < -0.4 is 4.72 Å². The van der Waals surface area contributed by atoms with Crippen LogP contribution in [0, 0.1) is 22.0 Å². The van der Waals surface area contributed by atoms with Gasteiger partial charge in [-0.15, -0.1) is 0 Å². The molecule has 2 N–H and O–H groups in total. The topological polar surface area (TPSA) is 127 Å². The molecular weight excluding hydrogens is 312 g/mol. The first-order chi connectivity index (χ1) is 10.1. The minimum atomic E-state index is -3.90. The fraction of sp³-hybridized carbons (Fsp3) is 0.462. The zero-order valence-corrected chi connectivity index (χ0v) is 13.0. The molecule has 0 aliphatic carbocycles. The Morgan fingerprint density at radius 3 is 2.27 bits per heavy atom. The molecule has 0 saturated heterocycles. The number of benzene rings is 1. The molecule has 0 aromatic heterocycles. The van der Waals surface area contributed by atoms with Gasteiger partial charge in [-0.25, -0.2) is 13.1 Å². The molecule has 0 aliphatic heterocycles. The van der Waals surface area contributed by atoms with Crippen LogP contribution in [0.3, 0.4) is 0 Å². The number of nitrogens with zero attached hydrogens (tertiary/aromatic N) is 1. The van der Waals surface area contributed by atoms with Gasteiger partial charge in [0, 0.05) is 18.7 Å². The van der Waals surface area contributed by atoms with Crippen molar-refractivity contribution in [3.8, 4) is 0 Å². The largest absolute Gasteiger partial charge is 0.481 e. The summed E-state index contributed by atoms with van der Waals surface area (Å²) in [6, 6.07) is 4.38. The molecule has 0 aliphatic rings. The SMILES string of the molecule is CC(C)CC(CNS(=O)(=O)c1ccc([N+](=O)[O-])cc1)C(=O)O. The highest BCUT2D eigenvalue weighted by atomic mass is 32.2. The molecule has 8 nitrogen and oxygen atoms in total. The monoisotopic (exact) mass is 330 g/mol. The van der Waals surface area contributed by atoms with Crippen molar-refractivity contribution < 1.29 is 23.2 Å². The van der Waals surface area contributed by atoms with Crippen molar-refractivity contribution in [2.45, 2.75) is 25.2 Å². The maximum absolute atomic E-state index is 12.1. The highest BCUT2D eigenvalue weighted by Gasteiger charge is 2.23. The van der Waals surface area contributed by atoms with Crippen molar-refractivity contribution in [3.05, 3.63) is 34.4 Å². The van der Waals surface area contributed by atoms with Crippen LogP contribution in [0.15, 0.2) is 29.2 Å². The Morgan fingerprint density at radius 2 is 1.86 bits per heavy atom. The second-order valence-electron chi connectivity index (χ2n) is 5.27. The van der Waals surface area contributed by atoms with Crippen LogP contribution in [0.2, 0.25) is 0 Å². The zero-order chi connectivity index (χ0) is 16.9. The van der Waals surface area contributed by atoms with Gasteiger partial charge in [-0.1, -0.05) is 13.8 Å². The van der Waals surface area contributed by atoms with Gasteiger partial charge in [0.2, 0.25) is 10.0 Å². The van der Waals surface area contributed by atoms with Crippen molar-refractivity contribution in [2.75, 3.05) is 6.54 Å². The Balaban J connectivity index is 2.82. The zero-order valence-electron chi connectivity index (χ0n) is 12.2. The Labute approximate surface area is 128 Å². The smallest absolute Gasteiger partial charge is 0.307 e. The van der Waals surface area contributed by atoms with Gasteiger partial charge in [0.25, 0.3) is 5.69 Å². The lowest BCUT2D eigenvalue weighted by Gasteiger charge is -2.15. The molecule has 1 atom stereocenters. The van der Waals surface area contributed by atoms with E-state index in [1.54, 1.807) is 0 Å². The first-order valence-electron chi connectivity index (χ1n) is 6.60. The van der Waals surface area contributed by atoms with Crippen LogP contribution in [0.25, 0.3) is 0 Å². The van der Waals surface area contributed by atoms with E-state index in [1.165, 1.54) is 0 Å². The Hall–Kier alpha value is -2.00. The van der Waals surface area contributed by atoms with E-state index >= 15 is 0 Å². The number of aliphatic carboxylic acids is 1. The van der Waals surface area contributed by atoms with E-state index < -0.39 is 26.8 Å². The number of carbonyl (C=O) groups is 1. The molecule has 0 bridgehead atoms. The minimum absolute atomic E-state index is 0.116. The molecule has 1 aromatic rings. The van der Waals surface area contributed by atoms with E-state index in [-0.39, 0.29) is 23.0 Å². The molecule has 0 amide bonds. The number of hydrogen-bond donors (Lipinski definition) is 2. The number of nitro benzene ring substituents is 1. The first kappa shape index (κ1) is 18.1. The molecule has 9 heteroatoms. The Kier molecular flexibility index (Phi) is 6.01. The summed E-state index contributed by atoms with van der Waals surface area (Å²) in [5, 5.41) is 19.6. The second-order valence-corrected chi connectivity index (χ2v) is 7.03. The summed E-state index contributed by atoms with van der Waals surface area (Å²) in [6.07, 6.45) is 0.345. The summed E-state index contributed by atoms with van der Waals surface area (Å²) in [5.41, 5.74) is -0.220. The number of carboxylic acids is 1. The number of sulfonamides is 1. The van der Waals surface area contributed by atoms with E-state index in [1.807, 2.05) is 13.8 Å². The third-order valence-electron chi connectivity index (χ3n) is 2.98. The van der Waals surface area contributed by atoms with Crippen LogP contribution in [0.4, 0.5) is 5.69 Å². The Morgan fingerprint density at radius 1 is 1.32 bits per heavy atom. The molecule has 0 saturated carbocycles. The molecule has 0 fully saturated rings. The second kappa shape index (κ2) is 7.32. The van der Waals surface area contributed by atoms with E-state index in [2.05, 4.69) is 4.72 Å². The molecule has 0 spiro atoms. The lowest BCUT2D eigenvalue weighted by molar-refractivity contribution is -0.384. The summed E-state index contributed by atoms with van der Waals surface area (Å²) in [6.45, 7) is 3.47. The van der Waals surface area contributed by atoms with Crippen molar-refractivity contribution in [1.82, 2.24) is 4.72 Å². The molecule has 122 valence electrons. The van der Waals surface area contributed by atoms with Crippen molar-refractivity contribution in [3.63, 3.8) is 0 Å². The van der Waals surface area contributed by atoms with Gasteiger partial charge in [0.1, 0.15) is 0 Å². The van der Waals surface area contributed by atoms with Crippen molar-refractivity contribution >= 4 is 21.7 Å². The number of carboxylic acid groups (broad SMARTS) is 1. The lowest BCUT2D eigenvalue weighted by Crippen LogP contribution is -2.33. The minimum Gasteiger partial charge on any atom is -0.481 e. The number of hydrogen-bond acceptors (Lipinski definition) is 5. The van der Waals surface area contributed by atoms with Gasteiger partial charge < -0.3 is 5.11 Å².